The highest BCUT2D eigenvalue weighted by Gasteiger charge is 2.48. The SMILES string of the molecule is N#Cc1c[nH]c(C(=O)N2CCN(c3ncnc4[nH]ccc34)CC3(CC3)C2)c1. The topological polar surface area (TPSA) is 105 Å². The van der Waals surface area contributed by atoms with E-state index in [1.807, 2.05) is 17.2 Å². The first-order valence-corrected chi connectivity index (χ1v) is 9.08. The molecular formula is C19H19N7O. The van der Waals surface area contributed by atoms with Crippen molar-refractivity contribution in [1.29, 1.82) is 5.26 Å². The molecule has 0 bridgehead atoms. The number of nitrogens with one attached hydrogen (secondary N) is 2. The number of hydrogen-bond donors (Lipinski definition) is 2. The molecule has 136 valence electrons. The largest absolute Gasteiger partial charge is 0.356 e. The molecule has 5 rings (SSSR count). The standard InChI is InChI=1S/C19H19N7O/c20-8-13-7-15(22-9-13)18(27)26-6-5-25(10-19(11-26)2-3-19)17-14-1-4-21-16(14)23-12-24-17/h1,4,7,9,12,22H,2-3,5-6,10-11H2,(H,21,23,24). The number of carbonyl (C=O) groups excluding carboxylic acids is 1. The van der Waals surface area contributed by atoms with E-state index in [2.05, 4.69) is 30.9 Å². The van der Waals surface area contributed by atoms with Crippen LogP contribution in [0.15, 0.2) is 30.9 Å². The van der Waals surface area contributed by atoms with Crippen LogP contribution in [0.25, 0.3) is 11.0 Å². The minimum Gasteiger partial charge on any atom is -0.356 e. The maximum atomic E-state index is 12.9. The lowest BCUT2D eigenvalue weighted by molar-refractivity contribution is 0.0735. The maximum absolute atomic E-state index is 12.9. The second kappa shape index (κ2) is 5.84. The highest BCUT2D eigenvalue weighted by Crippen LogP contribution is 2.48. The van der Waals surface area contributed by atoms with Crippen LogP contribution in [-0.2, 0) is 0 Å². The number of carbonyl (C=O) groups is 1. The van der Waals surface area contributed by atoms with Crippen LogP contribution in [0, 0.1) is 16.7 Å². The second-order valence-electron chi connectivity index (χ2n) is 7.50. The summed E-state index contributed by atoms with van der Waals surface area (Å²) in [5.41, 5.74) is 1.92. The van der Waals surface area contributed by atoms with Gasteiger partial charge in [0.15, 0.2) is 0 Å². The van der Waals surface area contributed by atoms with E-state index in [0.717, 1.165) is 49.3 Å². The molecule has 27 heavy (non-hydrogen) atoms. The zero-order chi connectivity index (χ0) is 18.4. The molecule has 8 heteroatoms. The Morgan fingerprint density at radius 2 is 2.11 bits per heavy atom. The fourth-order valence-corrected chi connectivity index (χ4v) is 3.97. The Morgan fingerprint density at radius 1 is 1.22 bits per heavy atom. The van der Waals surface area contributed by atoms with Gasteiger partial charge in [0.05, 0.1) is 10.9 Å². The minimum absolute atomic E-state index is 0.0425. The summed E-state index contributed by atoms with van der Waals surface area (Å²) >= 11 is 0. The molecule has 0 radical (unpaired) electrons. The molecule has 1 aliphatic carbocycles. The summed E-state index contributed by atoms with van der Waals surface area (Å²) in [6.07, 6.45) is 7.27. The Balaban J connectivity index is 1.43. The summed E-state index contributed by atoms with van der Waals surface area (Å²) < 4.78 is 0. The highest BCUT2D eigenvalue weighted by molar-refractivity contribution is 5.93. The van der Waals surface area contributed by atoms with Gasteiger partial charge in [0, 0.05) is 44.0 Å². The zero-order valence-electron chi connectivity index (χ0n) is 14.8. The summed E-state index contributed by atoms with van der Waals surface area (Å²) in [5, 5.41) is 10.0. The molecule has 2 aliphatic rings. The zero-order valence-corrected chi connectivity index (χ0v) is 14.8. The fourth-order valence-electron chi connectivity index (χ4n) is 3.97. The van der Waals surface area contributed by atoms with Crippen LogP contribution in [0.5, 0.6) is 0 Å². The Kier molecular flexibility index (Phi) is 3.44. The molecule has 4 heterocycles. The van der Waals surface area contributed by atoms with Crippen molar-refractivity contribution in [1.82, 2.24) is 24.8 Å². The first-order chi connectivity index (χ1) is 13.2. The quantitative estimate of drug-likeness (QED) is 0.725. The maximum Gasteiger partial charge on any atom is 0.270 e. The smallest absolute Gasteiger partial charge is 0.270 e. The monoisotopic (exact) mass is 361 g/mol. The third kappa shape index (κ3) is 2.72. The van der Waals surface area contributed by atoms with Gasteiger partial charge < -0.3 is 19.8 Å². The van der Waals surface area contributed by atoms with E-state index in [9.17, 15) is 4.79 Å². The molecule has 0 aromatic carbocycles. The third-order valence-corrected chi connectivity index (χ3v) is 5.61. The van der Waals surface area contributed by atoms with Gasteiger partial charge in [0.25, 0.3) is 5.91 Å². The molecule has 0 unspecified atom stereocenters. The van der Waals surface area contributed by atoms with Gasteiger partial charge in [0.2, 0.25) is 0 Å². The number of hydrogen-bond acceptors (Lipinski definition) is 5. The van der Waals surface area contributed by atoms with Crippen LogP contribution < -0.4 is 4.90 Å². The molecule has 1 amide bonds. The van der Waals surface area contributed by atoms with E-state index >= 15 is 0 Å². The van der Waals surface area contributed by atoms with Crippen LogP contribution in [-0.4, -0.2) is 56.9 Å². The summed E-state index contributed by atoms with van der Waals surface area (Å²) in [6, 6.07) is 5.69. The normalized spacial score (nSPS) is 18.5. The van der Waals surface area contributed by atoms with E-state index in [1.54, 1.807) is 18.6 Å². The number of aromatic amines is 2. The van der Waals surface area contributed by atoms with Gasteiger partial charge in [-0.1, -0.05) is 0 Å². The van der Waals surface area contributed by atoms with Crippen molar-refractivity contribution in [2.75, 3.05) is 31.1 Å². The molecular weight excluding hydrogens is 342 g/mol. The lowest BCUT2D eigenvalue weighted by Crippen LogP contribution is -2.36. The van der Waals surface area contributed by atoms with E-state index in [4.69, 9.17) is 5.26 Å². The Hall–Kier alpha value is -3.34. The van der Waals surface area contributed by atoms with Gasteiger partial charge in [-0.2, -0.15) is 5.26 Å². The van der Waals surface area contributed by atoms with E-state index in [1.165, 1.54) is 0 Å². The van der Waals surface area contributed by atoms with Gasteiger partial charge in [-0.05, 0) is 25.0 Å². The number of amides is 1. The van der Waals surface area contributed by atoms with Crippen LogP contribution >= 0.6 is 0 Å². The number of nitrogens with zero attached hydrogens (tertiary/aromatic N) is 5. The number of rotatable bonds is 2. The third-order valence-electron chi connectivity index (χ3n) is 5.61. The van der Waals surface area contributed by atoms with Crippen molar-refractivity contribution in [3.8, 4) is 6.07 Å². The molecule has 2 fully saturated rings. The van der Waals surface area contributed by atoms with Crippen LogP contribution in [0.3, 0.4) is 0 Å². The summed E-state index contributed by atoms with van der Waals surface area (Å²) in [5.74, 6) is 0.882. The Labute approximate surface area is 155 Å². The first-order valence-electron chi connectivity index (χ1n) is 9.08. The molecule has 8 nitrogen and oxygen atoms in total. The minimum atomic E-state index is -0.0425. The predicted octanol–water partition coefficient (Wildman–Crippen LogP) is 1.90. The van der Waals surface area contributed by atoms with E-state index < -0.39 is 0 Å². The first kappa shape index (κ1) is 15.9. The Bertz CT molecular complexity index is 1060. The average molecular weight is 361 g/mol. The van der Waals surface area contributed by atoms with Crippen LogP contribution in [0.4, 0.5) is 5.82 Å². The van der Waals surface area contributed by atoms with E-state index in [0.29, 0.717) is 17.8 Å². The predicted molar refractivity (Wildman–Crippen MR) is 99.2 cm³/mol. The lowest BCUT2D eigenvalue weighted by atomic mass is 10.1. The van der Waals surface area contributed by atoms with Gasteiger partial charge >= 0.3 is 0 Å². The Morgan fingerprint density at radius 3 is 2.89 bits per heavy atom. The van der Waals surface area contributed by atoms with Crippen molar-refractivity contribution >= 4 is 22.8 Å². The number of fused-ring (bicyclic) bond motifs is 1. The van der Waals surface area contributed by atoms with Crippen LogP contribution in [0.1, 0.15) is 28.9 Å². The summed E-state index contributed by atoms with van der Waals surface area (Å²) in [6.45, 7) is 2.97. The summed E-state index contributed by atoms with van der Waals surface area (Å²) in [7, 11) is 0. The lowest BCUT2D eigenvalue weighted by Gasteiger charge is -2.25. The number of aromatic nitrogens is 4. The highest BCUT2D eigenvalue weighted by atomic mass is 16.2. The number of anilines is 1. The second-order valence-corrected chi connectivity index (χ2v) is 7.50. The van der Waals surface area contributed by atoms with Crippen molar-refractivity contribution in [3.05, 3.63) is 42.1 Å². The van der Waals surface area contributed by atoms with Gasteiger partial charge in [0.1, 0.15) is 29.6 Å². The average Bonchev–Trinajstić information content (AvgIpc) is 3.09. The number of H-pyrrole nitrogens is 2. The van der Waals surface area contributed by atoms with Gasteiger partial charge in [-0.3, -0.25) is 4.79 Å². The van der Waals surface area contributed by atoms with Crippen molar-refractivity contribution in [3.63, 3.8) is 0 Å². The molecule has 2 N–H and O–H groups in total. The molecule has 3 aromatic rings. The molecule has 0 atom stereocenters. The van der Waals surface area contributed by atoms with Crippen LogP contribution in [0.2, 0.25) is 0 Å². The molecule has 1 saturated carbocycles. The van der Waals surface area contributed by atoms with Crippen molar-refractivity contribution in [2.45, 2.75) is 12.8 Å². The van der Waals surface area contributed by atoms with Crippen molar-refractivity contribution < 1.29 is 4.79 Å². The molecule has 3 aromatic heterocycles. The molecule has 1 saturated heterocycles. The van der Waals surface area contributed by atoms with Gasteiger partial charge in [-0.15, -0.1) is 0 Å². The van der Waals surface area contributed by atoms with E-state index in [-0.39, 0.29) is 11.3 Å². The van der Waals surface area contributed by atoms with Crippen molar-refractivity contribution in [2.24, 2.45) is 5.41 Å². The molecule has 1 aliphatic heterocycles. The summed E-state index contributed by atoms with van der Waals surface area (Å²) in [4.78, 5) is 32.0. The molecule has 1 spiro atoms. The fraction of sp³-hybridized carbons (Fsp3) is 0.368. The van der Waals surface area contributed by atoms with Gasteiger partial charge in [-0.25, -0.2) is 9.97 Å². The number of nitriles is 1.